The Morgan fingerprint density at radius 3 is 2.37 bits per heavy atom. The van der Waals surface area contributed by atoms with Gasteiger partial charge in [0.1, 0.15) is 5.82 Å². The molecule has 0 spiro atoms. The highest BCUT2D eigenvalue weighted by Crippen LogP contribution is 2.19. The van der Waals surface area contributed by atoms with Gasteiger partial charge in [0.15, 0.2) is 5.78 Å². The minimum Gasteiger partial charge on any atom is -0.300 e. The lowest BCUT2D eigenvalue weighted by atomic mass is 10.0. The molecule has 1 aliphatic heterocycles. The van der Waals surface area contributed by atoms with E-state index in [1.807, 2.05) is 0 Å². The molecule has 3 nitrogen and oxygen atoms in total. The summed E-state index contributed by atoms with van der Waals surface area (Å²) >= 11 is 0. The van der Waals surface area contributed by atoms with Gasteiger partial charge in [0.05, 0.1) is 0 Å². The summed E-state index contributed by atoms with van der Waals surface area (Å²) in [4.78, 5) is 17.3. The van der Waals surface area contributed by atoms with Gasteiger partial charge in [-0.15, -0.1) is 0 Å². The van der Waals surface area contributed by atoms with Crippen molar-refractivity contribution >= 4 is 5.78 Å². The molecule has 0 aliphatic carbocycles. The molecule has 1 aliphatic rings. The predicted molar refractivity (Wildman–Crippen MR) is 107 cm³/mol. The summed E-state index contributed by atoms with van der Waals surface area (Å²) in [5, 5.41) is 0. The number of benzene rings is 2. The second-order valence-corrected chi connectivity index (χ2v) is 7.30. The topological polar surface area (TPSA) is 23.6 Å². The summed E-state index contributed by atoms with van der Waals surface area (Å²) < 4.78 is 13.0. The van der Waals surface area contributed by atoms with Gasteiger partial charge in [-0.3, -0.25) is 9.69 Å². The van der Waals surface area contributed by atoms with Crippen LogP contribution in [0, 0.1) is 5.82 Å². The van der Waals surface area contributed by atoms with Crippen LogP contribution in [0.15, 0.2) is 54.6 Å². The summed E-state index contributed by atoms with van der Waals surface area (Å²) in [5.74, 6) is -0.209. The molecule has 0 saturated carbocycles. The number of likely N-dealkylation sites (tertiary alicyclic amines) is 1. The Kier molecular flexibility index (Phi) is 7.13. The van der Waals surface area contributed by atoms with Crippen LogP contribution in [0.3, 0.4) is 0 Å². The van der Waals surface area contributed by atoms with Gasteiger partial charge in [-0.1, -0.05) is 37.3 Å². The summed E-state index contributed by atoms with van der Waals surface area (Å²) in [7, 11) is 0. The Morgan fingerprint density at radius 1 is 1.07 bits per heavy atom. The quantitative estimate of drug-likeness (QED) is 0.646. The Labute approximate surface area is 161 Å². The van der Waals surface area contributed by atoms with E-state index in [9.17, 15) is 9.18 Å². The minimum absolute atomic E-state index is 0.0926. The van der Waals surface area contributed by atoms with Gasteiger partial charge >= 0.3 is 0 Å². The molecule has 4 heteroatoms. The van der Waals surface area contributed by atoms with Crippen LogP contribution in [0.1, 0.15) is 42.1 Å². The van der Waals surface area contributed by atoms with Crippen LogP contribution in [-0.4, -0.2) is 47.8 Å². The van der Waals surface area contributed by atoms with Crippen LogP contribution in [0.4, 0.5) is 4.39 Å². The fourth-order valence-electron chi connectivity index (χ4n) is 3.91. The van der Waals surface area contributed by atoms with Crippen molar-refractivity contribution in [3.05, 3.63) is 71.5 Å². The van der Waals surface area contributed by atoms with E-state index in [2.05, 4.69) is 47.1 Å². The van der Waals surface area contributed by atoms with Crippen molar-refractivity contribution < 1.29 is 9.18 Å². The average Bonchev–Trinajstić information content (AvgIpc) is 2.71. The minimum atomic E-state index is -0.302. The fraction of sp³-hybridized carbons (Fsp3) is 0.435. The number of nitrogens with zero attached hydrogens (tertiary/aromatic N) is 2. The molecular formula is C23H29FN2O. The molecule has 0 N–H and O–H groups in total. The number of carbonyl (C=O) groups excluding carboxylic acids is 1. The molecule has 2 aromatic carbocycles. The van der Waals surface area contributed by atoms with Gasteiger partial charge < -0.3 is 4.90 Å². The Morgan fingerprint density at radius 2 is 1.74 bits per heavy atom. The van der Waals surface area contributed by atoms with Gasteiger partial charge in [0.2, 0.25) is 0 Å². The normalized spacial score (nSPS) is 16.0. The molecular weight excluding hydrogens is 339 g/mol. The number of hydrogen-bond acceptors (Lipinski definition) is 3. The predicted octanol–water partition coefficient (Wildman–Crippen LogP) is 4.39. The maximum atomic E-state index is 13.0. The first-order valence-corrected chi connectivity index (χ1v) is 9.95. The number of hydrogen-bond donors (Lipinski definition) is 0. The number of rotatable bonds is 8. The van der Waals surface area contributed by atoms with E-state index in [1.54, 1.807) is 12.1 Å². The van der Waals surface area contributed by atoms with Crippen molar-refractivity contribution in [3.8, 4) is 0 Å². The number of ketones is 1. The van der Waals surface area contributed by atoms with Crippen LogP contribution in [0.5, 0.6) is 0 Å². The van der Waals surface area contributed by atoms with Crippen molar-refractivity contribution in [2.75, 3.05) is 26.2 Å². The Balaban J connectivity index is 1.45. The van der Waals surface area contributed by atoms with E-state index in [0.717, 1.165) is 45.6 Å². The number of carbonyl (C=O) groups is 1. The maximum absolute atomic E-state index is 13.0. The zero-order valence-corrected chi connectivity index (χ0v) is 16.1. The average molecular weight is 368 g/mol. The van der Waals surface area contributed by atoms with Crippen molar-refractivity contribution in [3.63, 3.8) is 0 Å². The van der Waals surface area contributed by atoms with E-state index in [1.165, 1.54) is 17.7 Å². The monoisotopic (exact) mass is 368 g/mol. The highest BCUT2D eigenvalue weighted by atomic mass is 19.1. The van der Waals surface area contributed by atoms with E-state index < -0.39 is 0 Å². The highest BCUT2D eigenvalue weighted by Gasteiger charge is 2.24. The first-order valence-electron chi connectivity index (χ1n) is 9.95. The van der Waals surface area contributed by atoms with Crippen LogP contribution >= 0.6 is 0 Å². The van der Waals surface area contributed by atoms with Crippen LogP contribution in [0.25, 0.3) is 0 Å². The molecule has 0 unspecified atom stereocenters. The zero-order valence-electron chi connectivity index (χ0n) is 16.1. The van der Waals surface area contributed by atoms with Gasteiger partial charge in [-0.05, 0) is 62.3 Å². The molecule has 27 heavy (non-hydrogen) atoms. The molecule has 0 aromatic heterocycles. The molecule has 144 valence electrons. The molecule has 0 bridgehead atoms. The maximum Gasteiger partial charge on any atom is 0.164 e. The summed E-state index contributed by atoms with van der Waals surface area (Å²) in [6.45, 7) is 7.11. The lowest BCUT2D eigenvalue weighted by Crippen LogP contribution is -2.45. The summed E-state index contributed by atoms with van der Waals surface area (Å²) in [6, 6.07) is 17.0. The van der Waals surface area contributed by atoms with E-state index in [-0.39, 0.29) is 11.6 Å². The lowest BCUT2D eigenvalue weighted by molar-refractivity contribution is 0.0885. The first-order chi connectivity index (χ1) is 13.2. The SMILES string of the molecule is CCN(CCC(=O)c1ccc(F)cc1)C1CCN(Cc2ccccc2)CC1. The molecule has 3 rings (SSSR count). The second kappa shape index (κ2) is 9.77. The van der Waals surface area contributed by atoms with Crippen molar-refractivity contribution in [2.24, 2.45) is 0 Å². The molecule has 1 heterocycles. The largest absolute Gasteiger partial charge is 0.300 e. The third-order valence-corrected chi connectivity index (χ3v) is 5.52. The van der Waals surface area contributed by atoms with Crippen molar-refractivity contribution in [2.45, 2.75) is 38.8 Å². The third-order valence-electron chi connectivity index (χ3n) is 5.52. The molecule has 1 saturated heterocycles. The van der Waals surface area contributed by atoms with Crippen molar-refractivity contribution in [1.82, 2.24) is 9.80 Å². The van der Waals surface area contributed by atoms with Crippen molar-refractivity contribution in [1.29, 1.82) is 0 Å². The first kappa shape index (κ1) is 19.7. The van der Waals surface area contributed by atoms with E-state index in [4.69, 9.17) is 0 Å². The van der Waals surface area contributed by atoms with Gasteiger partial charge in [-0.25, -0.2) is 4.39 Å². The molecule has 1 fully saturated rings. The van der Waals surface area contributed by atoms with Gasteiger partial charge in [0.25, 0.3) is 0 Å². The lowest BCUT2D eigenvalue weighted by Gasteiger charge is -2.38. The van der Waals surface area contributed by atoms with Crippen LogP contribution in [-0.2, 0) is 6.54 Å². The Hall–Kier alpha value is -2.04. The third kappa shape index (κ3) is 5.72. The summed E-state index contributed by atoms with van der Waals surface area (Å²) in [6.07, 6.45) is 2.78. The smallest absolute Gasteiger partial charge is 0.164 e. The zero-order chi connectivity index (χ0) is 19.1. The molecule has 0 atom stereocenters. The molecule has 0 amide bonds. The second-order valence-electron chi connectivity index (χ2n) is 7.30. The van der Waals surface area contributed by atoms with Crippen LogP contribution < -0.4 is 0 Å². The van der Waals surface area contributed by atoms with Gasteiger partial charge in [-0.2, -0.15) is 0 Å². The van der Waals surface area contributed by atoms with Gasteiger partial charge in [0, 0.05) is 31.1 Å². The fourth-order valence-corrected chi connectivity index (χ4v) is 3.91. The van der Waals surface area contributed by atoms with E-state index in [0.29, 0.717) is 18.0 Å². The standard InChI is InChI=1S/C23H29FN2O/c1-2-26(17-14-23(27)20-8-10-21(24)11-9-20)22-12-15-25(16-13-22)18-19-6-4-3-5-7-19/h3-11,22H,2,12-18H2,1H3. The number of Topliss-reactive ketones (excluding diaryl/α,β-unsaturated/α-hetero) is 1. The number of piperidine rings is 1. The molecule has 0 radical (unpaired) electrons. The molecule has 2 aromatic rings. The van der Waals surface area contributed by atoms with Crippen LogP contribution in [0.2, 0.25) is 0 Å². The number of halogens is 1. The Bertz CT molecular complexity index is 709. The summed E-state index contributed by atoms with van der Waals surface area (Å²) in [5.41, 5.74) is 1.97. The highest BCUT2D eigenvalue weighted by molar-refractivity contribution is 5.96. The van der Waals surface area contributed by atoms with E-state index >= 15 is 0 Å².